The van der Waals surface area contributed by atoms with Crippen LogP contribution < -0.4 is 9.47 Å². The van der Waals surface area contributed by atoms with E-state index >= 15 is 0 Å². The summed E-state index contributed by atoms with van der Waals surface area (Å²) in [4.78, 5) is 12.6. The molecule has 4 nitrogen and oxygen atoms in total. The van der Waals surface area contributed by atoms with Crippen molar-refractivity contribution in [1.29, 1.82) is 0 Å². The average Bonchev–Trinajstić information content (AvgIpc) is 2.71. The number of ketones is 1. The summed E-state index contributed by atoms with van der Waals surface area (Å²) in [6.45, 7) is 0. The number of Topliss-reactive ketones (excluding diaryl/α,β-unsaturated/α-hetero) is 1. The molecular formula is C16H22O4. The normalized spacial score (nSPS) is 18.1. The van der Waals surface area contributed by atoms with Crippen molar-refractivity contribution in [2.75, 3.05) is 14.2 Å². The SMILES string of the molecule is COc1ccc(C(=O)C2(O)CCCCCC2)cc1OC. The van der Waals surface area contributed by atoms with Crippen molar-refractivity contribution in [2.45, 2.75) is 44.1 Å². The van der Waals surface area contributed by atoms with Gasteiger partial charge in [0.1, 0.15) is 5.60 Å². The van der Waals surface area contributed by atoms with E-state index in [-0.39, 0.29) is 5.78 Å². The van der Waals surface area contributed by atoms with Gasteiger partial charge in [-0.2, -0.15) is 0 Å². The van der Waals surface area contributed by atoms with Gasteiger partial charge in [0.15, 0.2) is 17.3 Å². The van der Waals surface area contributed by atoms with Gasteiger partial charge in [-0.25, -0.2) is 0 Å². The van der Waals surface area contributed by atoms with E-state index in [2.05, 4.69) is 0 Å². The van der Waals surface area contributed by atoms with E-state index < -0.39 is 5.60 Å². The fraction of sp³-hybridized carbons (Fsp3) is 0.562. The molecule has 2 rings (SSSR count). The summed E-state index contributed by atoms with van der Waals surface area (Å²) in [5, 5.41) is 10.6. The standard InChI is InChI=1S/C16H22O4/c1-19-13-8-7-12(11-14(13)20-2)15(17)16(18)9-5-3-4-6-10-16/h7-8,11,18H,3-6,9-10H2,1-2H3. The van der Waals surface area contributed by atoms with E-state index in [0.717, 1.165) is 25.7 Å². The molecule has 0 atom stereocenters. The molecule has 0 saturated heterocycles. The van der Waals surface area contributed by atoms with Crippen LogP contribution in [-0.2, 0) is 0 Å². The van der Waals surface area contributed by atoms with Crippen LogP contribution in [0.4, 0.5) is 0 Å². The van der Waals surface area contributed by atoms with Crippen molar-refractivity contribution in [3.8, 4) is 11.5 Å². The molecule has 0 aromatic heterocycles. The predicted molar refractivity (Wildman–Crippen MR) is 76.5 cm³/mol. The first-order chi connectivity index (χ1) is 9.60. The minimum absolute atomic E-state index is 0.208. The minimum Gasteiger partial charge on any atom is -0.493 e. The van der Waals surface area contributed by atoms with Gasteiger partial charge < -0.3 is 14.6 Å². The summed E-state index contributed by atoms with van der Waals surface area (Å²) in [5.74, 6) is 0.882. The van der Waals surface area contributed by atoms with Gasteiger partial charge in [-0.05, 0) is 31.0 Å². The van der Waals surface area contributed by atoms with Crippen molar-refractivity contribution in [3.05, 3.63) is 23.8 Å². The van der Waals surface area contributed by atoms with E-state index in [1.807, 2.05) is 0 Å². The van der Waals surface area contributed by atoms with Gasteiger partial charge in [0.05, 0.1) is 14.2 Å². The van der Waals surface area contributed by atoms with Crippen LogP contribution in [0.5, 0.6) is 11.5 Å². The number of carbonyl (C=O) groups excluding carboxylic acids is 1. The summed E-state index contributed by atoms with van der Waals surface area (Å²) in [7, 11) is 3.09. The van der Waals surface area contributed by atoms with Crippen molar-refractivity contribution in [3.63, 3.8) is 0 Å². The Balaban J connectivity index is 2.28. The first kappa shape index (κ1) is 14.9. The molecule has 20 heavy (non-hydrogen) atoms. The molecule has 0 radical (unpaired) electrons. The summed E-state index contributed by atoms with van der Waals surface area (Å²) in [6.07, 6.45) is 5.05. The summed E-state index contributed by atoms with van der Waals surface area (Å²) in [5.41, 5.74) is -0.747. The molecule has 0 heterocycles. The van der Waals surface area contributed by atoms with Crippen molar-refractivity contribution in [2.24, 2.45) is 0 Å². The van der Waals surface area contributed by atoms with E-state index in [1.165, 1.54) is 7.11 Å². The van der Waals surface area contributed by atoms with Crippen LogP contribution >= 0.6 is 0 Å². The first-order valence-electron chi connectivity index (χ1n) is 7.10. The molecule has 1 aliphatic carbocycles. The average molecular weight is 278 g/mol. The second-order valence-electron chi connectivity index (χ2n) is 5.34. The van der Waals surface area contributed by atoms with Gasteiger partial charge >= 0.3 is 0 Å². The molecule has 0 aliphatic heterocycles. The predicted octanol–water partition coefficient (Wildman–Crippen LogP) is 2.97. The highest BCUT2D eigenvalue weighted by Crippen LogP contribution is 2.33. The van der Waals surface area contributed by atoms with Crippen LogP contribution in [0, 0.1) is 0 Å². The second-order valence-corrected chi connectivity index (χ2v) is 5.34. The van der Waals surface area contributed by atoms with Crippen LogP contribution in [0.3, 0.4) is 0 Å². The topological polar surface area (TPSA) is 55.8 Å². The Bertz CT molecular complexity index is 473. The Morgan fingerprint density at radius 1 is 1.05 bits per heavy atom. The molecule has 0 bridgehead atoms. The van der Waals surface area contributed by atoms with Crippen molar-refractivity contribution < 1.29 is 19.4 Å². The van der Waals surface area contributed by atoms with Gasteiger partial charge in [-0.3, -0.25) is 4.79 Å². The maximum atomic E-state index is 12.6. The number of hydrogen-bond acceptors (Lipinski definition) is 4. The van der Waals surface area contributed by atoms with Crippen LogP contribution in [0.25, 0.3) is 0 Å². The Labute approximate surface area is 119 Å². The highest BCUT2D eigenvalue weighted by atomic mass is 16.5. The third kappa shape index (κ3) is 2.96. The smallest absolute Gasteiger partial charge is 0.194 e. The molecule has 1 saturated carbocycles. The van der Waals surface area contributed by atoms with E-state index in [0.29, 0.717) is 29.9 Å². The van der Waals surface area contributed by atoms with E-state index in [4.69, 9.17) is 9.47 Å². The highest BCUT2D eigenvalue weighted by molar-refractivity contribution is 6.02. The maximum Gasteiger partial charge on any atom is 0.194 e. The maximum absolute atomic E-state index is 12.6. The monoisotopic (exact) mass is 278 g/mol. The Hall–Kier alpha value is -1.55. The third-order valence-corrected chi connectivity index (χ3v) is 4.00. The van der Waals surface area contributed by atoms with E-state index in [9.17, 15) is 9.90 Å². The minimum atomic E-state index is -1.23. The molecule has 0 unspecified atom stereocenters. The Morgan fingerprint density at radius 2 is 1.65 bits per heavy atom. The molecule has 4 heteroatoms. The van der Waals surface area contributed by atoms with Gasteiger partial charge in [0, 0.05) is 5.56 Å². The lowest BCUT2D eigenvalue weighted by Gasteiger charge is -2.25. The molecule has 1 aromatic rings. The fourth-order valence-electron chi connectivity index (χ4n) is 2.79. The van der Waals surface area contributed by atoms with Gasteiger partial charge in [-0.15, -0.1) is 0 Å². The number of carbonyl (C=O) groups is 1. The number of rotatable bonds is 4. The Kier molecular flexibility index (Phi) is 4.65. The zero-order valence-electron chi connectivity index (χ0n) is 12.1. The largest absolute Gasteiger partial charge is 0.493 e. The lowest BCUT2D eigenvalue weighted by Crippen LogP contribution is -2.38. The molecule has 1 aromatic carbocycles. The molecule has 110 valence electrons. The van der Waals surface area contributed by atoms with E-state index in [1.54, 1.807) is 25.3 Å². The molecular weight excluding hydrogens is 256 g/mol. The van der Waals surface area contributed by atoms with Crippen molar-refractivity contribution in [1.82, 2.24) is 0 Å². The van der Waals surface area contributed by atoms with Crippen molar-refractivity contribution >= 4 is 5.78 Å². The molecule has 1 fully saturated rings. The quantitative estimate of drug-likeness (QED) is 0.679. The van der Waals surface area contributed by atoms with Crippen LogP contribution in [-0.4, -0.2) is 30.7 Å². The fourth-order valence-corrected chi connectivity index (χ4v) is 2.79. The van der Waals surface area contributed by atoms with Gasteiger partial charge in [-0.1, -0.05) is 25.7 Å². The number of ether oxygens (including phenoxy) is 2. The lowest BCUT2D eigenvalue weighted by molar-refractivity contribution is 0.0238. The van der Waals surface area contributed by atoms with Crippen LogP contribution in [0.2, 0.25) is 0 Å². The number of benzene rings is 1. The highest BCUT2D eigenvalue weighted by Gasteiger charge is 2.36. The molecule has 0 spiro atoms. The summed E-state index contributed by atoms with van der Waals surface area (Å²) >= 11 is 0. The van der Waals surface area contributed by atoms with Gasteiger partial charge in [0.25, 0.3) is 0 Å². The number of hydrogen-bond donors (Lipinski definition) is 1. The molecule has 1 N–H and O–H groups in total. The first-order valence-corrected chi connectivity index (χ1v) is 7.10. The third-order valence-electron chi connectivity index (χ3n) is 4.00. The number of aliphatic hydroxyl groups is 1. The number of methoxy groups -OCH3 is 2. The second kappa shape index (κ2) is 6.27. The zero-order chi connectivity index (χ0) is 14.6. The Morgan fingerprint density at radius 3 is 2.20 bits per heavy atom. The zero-order valence-corrected chi connectivity index (χ0v) is 12.1. The lowest BCUT2D eigenvalue weighted by atomic mass is 9.86. The van der Waals surface area contributed by atoms with Crippen LogP contribution in [0.1, 0.15) is 48.9 Å². The molecule has 1 aliphatic rings. The summed E-state index contributed by atoms with van der Waals surface area (Å²) < 4.78 is 10.4. The summed E-state index contributed by atoms with van der Waals surface area (Å²) in [6, 6.07) is 5.03. The molecule has 0 amide bonds. The van der Waals surface area contributed by atoms with Gasteiger partial charge in [0.2, 0.25) is 0 Å². The van der Waals surface area contributed by atoms with Crippen LogP contribution in [0.15, 0.2) is 18.2 Å².